The van der Waals surface area contributed by atoms with Gasteiger partial charge in [-0.15, -0.1) is 0 Å². The molecule has 0 atom stereocenters. The zero-order valence-corrected chi connectivity index (χ0v) is 10.3. The van der Waals surface area contributed by atoms with Crippen LogP contribution in [-0.2, 0) is 0 Å². The van der Waals surface area contributed by atoms with Crippen LogP contribution in [0.4, 0.5) is 10.1 Å². The summed E-state index contributed by atoms with van der Waals surface area (Å²) in [5.74, 6) is 5.27. The van der Waals surface area contributed by atoms with E-state index < -0.39 is 5.82 Å². The molecule has 19 heavy (non-hydrogen) atoms. The summed E-state index contributed by atoms with van der Waals surface area (Å²) >= 11 is 0. The van der Waals surface area contributed by atoms with E-state index in [1.807, 2.05) is 24.3 Å². The Morgan fingerprint density at radius 1 is 1.05 bits per heavy atom. The van der Waals surface area contributed by atoms with Crippen molar-refractivity contribution in [3.05, 3.63) is 65.0 Å². The van der Waals surface area contributed by atoms with Crippen LogP contribution < -0.4 is 4.90 Å². The first-order valence-corrected chi connectivity index (χ1v) is 5.85. The van der Waals surface area contributed by atoms with Crippen molar-refractivity contribution in [2.45, 2.75) is 0 Å². The predicted molar refractivity (Wildman–Crippen MR) is 71.6 cm³/mol. The lowest BCUT2D eigenvalue weighted by Gasteiger charge is -2.21. The molecular weight excluding hydrogens is 241 g/mol. The standard InChI is InChI=1S/C16H10FNO/c1-18-15-5-3-2-4-12(15)7-6-11-8-9-13(17)10-14(11)16(18)19/h2-5,8-10H,1H3. The van der Waals surface area contributed by atoms with Gasteiger partial charge in [0.05, 0.1) is 11.3 Å². The third kappa shape index (κ3) is 1.88. The Morgan fingerprint density at radius 2 is 1.79 bits per heavy atom. The molecule has 0 fully saturated rings. The van der Waals surface area contributed by atoms with E-state index in [1.165, 1.54) is 23.1 Å². The number of hydrogen-bond donors (Lipinski definition) is 0. The zero-order valence-electron chi connectivity index (χ0n) is 10.3. The second-order valence-corrected chi connectivity index (χ2v) is 4.32. The van der Waals surface area contributed by atoms with Gasteiger partial charge in [-0.2, -0.15) is 0 Å². The van der Waals surface area contributed by atoms with E-state index in [-0.39, 0.29) is 5.91 Å². The van der Waals surface area contributed by atoms with Gasteiger partial charge in [-0.1, -0.05) is 24.0 Å². The lowest BCUT2D eigenvalue weighted by atomic mass is 10.0. The maximum atomic E-state index is 13.3. The second kappa shape index (κ2) is 4.25. The summed E-state index contributed by atoms with van der Waals surface area (Å²) in [7, 11) is 1.67. The van der Waals surface area contributed by atoms with Crippen LogP contribution in [-0.4, -0.2) is 13.0 Å². The summed E-state index contributed by atoms with van der Waals surface area (Å²) in [4.78, 5) is 13.9. The molecule has 0 saturated carbocycles. The van der Waals surface area contributed by atoms with Crippen molar-refractivity contribution in [2.75, 3.05) is 11.9 Å². The van der Waals surface area contributed by atoms with Crippen LogP contribution in [0.1, 0.15) is 21.5 Å². The van der Waals surface area contributed by atoms with Gasteiger partial charge in [-0.05, 0) is 30.3 Å². The van der Waals surface area contributed by atoms with Crippen molar-refractivity contribution in [1.29, 1.82) is 0 Å². The third-order valence-corrected chi connectivity index (χ3v) is 3.11. The largest absolute Gasteiger partial charge is 0.310 e. The van der Waals surface area contributed by atoms with Gasteiger partial charge in [0.25, 0.3) is 5.91 Å². The molecule has 0 aromatic heterocycles. The quantitative estimate of drug-likeness (QED) is 0.659. The van der Waals surface area contributed by atoms with Gasteiger partial charge >= 0.3 is 0 Å². The summed E-state index contributed by atoms with van der Waals surface area (Å²) in [6.07, 6.45) is 0. The van der Waals surface area contributed by atoms with Crippen LogP contribution in [0.25, 0.3) is 0 Å². The van der Waals surface area contributed by atoms with E-state index >= 15 is 0 Å². The lowest BCUT2D eigenvalue weighted by Crippen LogP contribution is -2.28. The Hall–Kier alpha value is -2.60. The molecule has 0 aliphatic carbocycles. The van der Waals surface area contributed by atoms with Crippen LogP contribution in [0.3, 0.4) is 0 Å². The highest BCUT2D eigenvalue weighted by Gasteiger charge is 2.20. The number of fused-ring (bicyclic) bond motifs is 2. The van der Waals surface area contributed by atoms with Gasteiger partial charge in [-0.3, -0.25) is 4.79 Å². The minimum Gasteiger partial charge on any atom is -0.310 e. The molecule has 2 aromatic rings. The average Bonchev–Trinajstić information content (AvgIpc) is 2.43. The number of para-hydroxylation sites is 1. The predicted octanol–water partition coefficient (Wildman–Crippen LogP) is 2.82. The minimum absolute atomic E-state index is 0.254. The molecule has 0 N–H and O–H groups in total. The zero-order chi connectivity index (χ0) is 13.4. The second-order valence-electron chi connectivity index (χ2n) is 4.32. The summed E-state index contributed by atoms with van der Waals surface area (Å²) < 4.78 is 13.3. The highest BCUT2D eigenvalue weighted by molar-refractivity contribution is 6.08. The smallest absolute Gasteiger partial charge is 0.259 e. The van der Waals surface area contributed by atoms with Crippen LogP contribution in [0.2, 0.25) is 0 Å². The van der Waals surface area contributed by atoms with Gasteiger partial charge < -0.3 is 4.90 Å². The molecule has 0 bridgehead atoms. The molecule has 1 aliphatic rings. The summed E-state index contributed by atoms with van der Waals surface area (Å²) in [5, 5.41) is 0. The van der Waals surface area contributed by atoms with Crippen LogP contribution in [0.15, 0.2) is 42.5 Å². The van der Waals surface area contributed by atoms with Crippen molar-refractivity contribution in [3.8, 4) is 11.8 Å². The summed E-state index contributed by atoms with van der Waals surface area (Å²) in [6, 6.07) is 11.5. The Labute approximate surface area is 110 Å². The number of carbonyl (C=O) groups excluding carboxylic acids is 1. The number of amides is 1. The van der Waals surface area contributed by atoms with Gasteiger partial charge in [0.2, 0.25) is 0 Å². The van der Waals surface area contributed by atoms with E-state index in [0.717, 1.165) is 11.3 Å². The minimum atomic E-state index is -0.434. The van der Waals surface area contributed by atoms with Gasteiger partial charge in [0.15, 0.2) is 0 Å². The van der Waals surface area contributed by atoms with Crippen molar-refractivity contribution in [1.82, 2.24) is 0 Å². The first-order valence-electron chi connectivity index (χ1n) is 5.85. The van der Waals surface area contributed by atoms with Gasteiger partial charge in [0.1, 0.15) is 5.82 Å². The molecule has 0 spiro atoms. The van der Waals surface area contributed by atoms with Crippen LogP contribution in [0.5, 0.6) is 0 Å². The average molecular weight is 251 g/mol. The van der Waals surface area contributed by atoms with E-state index in [9.17, 15) is 9.18 Å². The molecule has 3 rings (SSSR count). The highest BCUT2D eigenvalue weighted by atomic mass is 19.1. The number of carbonyl (C=O) groups is 1. The number of anilines is 1. The Kier molecular flexibility index (Phi) is 2.57. The summed E-state index contributed by atoms with van der Waals surface area (Å²) in [6.45, 7) is 0. The fraction of sp³-hybridized carbons (Fsp3) is 0.0625. The molecular formula is C16H10FNO. The van der Waals surface area contributed by atoms with Crippen molar-refractivity contribution < 1.29 is 9.18 Å². The first-order chi connectivity index (χ1) is 9.16. The maximum Gasteiger partial charge on any atom is 0.259 e. The first kappa shape index (κ1) is 11.5. The van der Waals surface area contributed by atoms with Crippen molar-refractivity contribution >= 4 is 11.6 Å². The van der Waals surface area contributed by atoms with Gasteiger partial charge in [-0.25, -0.2) is 4.39 Å². The van der Waals surface area contributed by atoms with Crippen molar-refractivity contribution in [2.24, 2.45) is 0 Å². The monoisotopic (exact) mass is 251 g/mol. The van der Waals surface area contributed by atoms with E-state index in [0.29, 0.717) is 11.1 Å². The van der Waals surface area contributed by atoms with Crippen LogP contribution >= 0.6 is 0 Å². The number of benzene rings is 2. The highest BCUT2D eigenvalue weighted by Crippen LogP contribution is 2.24. The van der Waals surface area contributed by atoms with E-state index in [2.05, 4.69) is 11.8 Å². The number of rotatable bonds is 0. The van der Waals surface area contributed by atoms with Gasteiger partial charge in [0, 0.05) is 18.2 Å². The molecule has 1 heterocycles. The molecule has 0 radical (unpaired) electrons. The molecule has 3 heteroatoms. The number of halogens is 1. The topological polar surface area (TPSA) is 20.3 Å². The number of nitrogens with zero attached hydrogens (tertiary/aromatic N) is 1. The van der Waals surface area contributed by atoms with Crippen molar-refractivity contribution in [3.63, 3.8) is 0 Å². The fourth-order valence-electron chi connectivity index (χ4n) is 2.10. The van der Waals surface area contributed by atoms with E-state index in [4.69, 9.17) is 0 Å². The normalized spacial score (nSPS) is 12.7. The molecule has 2 aromatic carbocycles. The molecule has 1 amide bonds. The Balaban J connectivity index is 2.29. The Bertz CT molecular complexity index is 740. The molecule has 0 saturated heterocycles. The maximum absolute atomic E-state index is 13.3. The molecule has 0 unspecified atom stereocenters. The van der Waals surface area contributed by atoms with E-state index in [1.54, 1.807) is 7.05 Å². The summed E-state index contributed by atoms with van der Waals surface area (Å²) in [5.41, 5.74) is 2.36. The molecule has 92 valence electrons. The Morgan fingerprint density at radius 3 is 2.63 bits per heavy atom. The SMILES string of the molecule is CN1C(=O)c2cc(F)ccc2C#Cc2ccccc21. The third-order valence-electron chi connectivity index (χ3n) is 3.11. The molecule has 2 nitrogen and oxygen atoms in total. The fourth-order valence-corrected chi connectivity index (χ4v) is 2.10. The molecule has 1 aliphatic heterocycles. The lowest BCUT2D eigenvalue weighted by molar-refractivity contribution is 0.0992. The number of hydrogen-bond acceptors (Lipinski definition) is 1. The van der Waals surface area contributed by atoms with Crippen LogP contribution in [0, 0.1) is 17.7 Å².